The number of pyridine rings is 1. The van der Waals surface area contributed by atoms with Gasteiger partial charge in [0.2, 0.25) is 0 Å². The van der Waals surface area contributed by atoms with E-state index in [0.29, 0.717) is 25.1 Å². The fourth-order valence-corrected chi connectivity index (χ4v) is 4.25. The molecule has 2 atom stereocenters. The highest BCUT2D eigenvalue weighted by Crippen LogP contribution is 2.31. The average molecular weight is 404 g/mol. The number of carbonyl (C=O) groups excluding carboxylic acids is 1. The minimum absolute atomic E-state index is 0.193. The molecule has 1 amide bonds. The molecule has 1 aromatic carbocycles. The van der Waals surface area contributed by atoms with E-state index in [1.807, 2.05) is 35.1 Å². The van der Waals surface area contributed by atoms with Gasteiger partial charge in [-0.05, 0) is 49.1 Å². The van der Waals surface area contributed by atoms with Crippen molar-refractivity contribution in [3.05, 3.63) is 71.3 Å². The summed E-state index contributed by atoms with van der Waals surface area (Å²) in [6.07, 6.45) is 7.00. The van der Waals surface area contributed by atoms with Crippen molar-refractivity contribution in [1.29, 1.82) is 0 Å². The Morgan fingerprint density at radius 3 is 2.87 bits per heavy atom. The van der Waals surface area contributed by atoms with E-state index in [9.17, 15) is 9.90 Å². The molecule has 0 radical (unpaired) electrons. The molecule has 154 valence electrons. The minimum Gasteiger partial charge on any atom is -0.491 e. The number of aliphatic hydroxyl groups excluding tert-OH is 1. The first-order chi connectivity index (χ1) is 14.7. The van der Waals surface area contributed by atoms with Crippen molar-refractivity contribution in [2.24, 2.45) is 0 Å². The number of amides is 1. The van der Waals surface area contributed by atoms with E-state index in [0.717, 1.165) is 47.5 Å². The van der Waals surface area contributed by atoms with Crippen molar-refractivity contribution >= 4 is 5.91 Å². The molecule has 2 aromatic heterocycles. The summed E-state index contributed by atoms with van der Waals surface area (Å²) in [4.78, 5) is 17.3. The van der Waals surface area contributed by atoms with Crippen LogP contribution in [0.4, 0.5) is 0 Å². The summed E-state index contributed by atoms with van der Waals surface area (Å²) < 4.78 is 7.64. The Morgan fingerprint density at radius 2 is 2.13 bits per heavy atom. The summed E-state index contributed by atoms with van der Waals surface area (Å²) >= 11 is 0. The fourth-order valence-electron chi connectivity index (χ4n) is 4.25. The summed E-state index contributed by atoms with van der Waals surface area (Å²) in [7, 11) is 0. The Bertz CT molecular complexity index is 1050. The van der Waals surface area contributed by atoms with Crippen LogP contribution in [0.15, 0.2) is 48.8 Å². The average Bonchev–Trinajstić information content (AvgIpc) is 3.51. The molecule has 1 fully saturated rings. The Morgan fingerprint density at radius 1 is 1.27 bits per heavy atom. The van der Waals surface area contributed by atoms with Gasteiger partial charge in [0.25, 0.3) is 5.91 Å². The maximum Gasteiger partial charge on any atom is 0.270 e. The molecule has 0 spiro atoms. The minimum atomic E-state index is -0.473. The van der Waals surface area contributed by atoms with Crippen LogP contribution in [-0.4, -0.2) is 44.5 Å². The van der Waals surface area contributed by atoms with Crippen LogP contribution in [0.5, 0.6) is 5.75 Å². The van der Waals surface area contributed by atoms with Gasteiger partial charge in [0.15, 0.2) is 0 Å². The van der Waals surface area contributed by atoms with Crippen molar-refractivity contribution < 1.29 is 14.6 Å². The van der Waals surface area contributed by atoms with Crippen LogP contribution in [0.2, 0.25) is 0 Å². The quantitative estimate of drug-likeness (QED) is 0.682. The molecular formula is C23H24N4O3. The number of ether oxygens (including phenoxy) is 1. The molecule has 5 rings (SSSR count). The molecule has 1 aliphatic heterocycles. The van der Waals surface area contributed by atoms with Crippen molar-refractivity contribution in [2.75, 3.05) is 6.61 Å². The van der Waals surface area contributed by atoms with Gasteiger partial charge in [-0.25, -0.2) is 9.67 Å². The number of hydrogen-bond acceptors (Lipinski definition) is 5. The van der Waals surface area contributed by atoms with Gasteiger partial charge >= 0.3 is 0 Å². The normalized spacial score (nSPS) is 20.0. The highest BCUT2D eigenvalue weighted by molar-refractivity contribution is 5.93. The molecule has 30 heavy (non-hydrogen) atoms. The van der Waals surface area contributed by atoms with Crippen LogP contribution in [0, 0.1) is 0 Å². The van der Waals surface area contributed by atoms with Crippen LogP contribution in [0.25, 0.3) is 5.69 Å². The molecule has 0 saturated heterocycles. The lowest BCUT2D eigenvalue weighted by Gasteiger charge is -2.17. The van der Waals surface area contributed by atoms with Crippen molar-refractivity contribution in [3.63, 3.8) is 0 Å². The molecular weight excluding hydrogens is 380 g/mol. The zero-order valence-corrected chi connectivity index (χ0v) is 16.6. The van der Waals surface area contributed by atoms with Gasteiger partial charge in [-0.1, -0.05) is 12.1 Å². The zero-order valence-electron chi connectivity index (χ0n) is 16.6. The molecule has 0 bridgehead atoms. The van der Waals surface area contributed by atoms with Gasteiger partial charge in [0.05, 0.1) is 30.1 Å². The van der Waals surface area contributed by atoms with Gasteiger partial charge in [-0.2, -0.15) is 5.10 Å². The van der Waals surface area contributed by atoms with Crippen LogP contribution in [0.3, 0.4) is 0 Å². The number of aromatic nitrogens is 3. The Labute approximate surface area is 174 Å². The number of benzene rings is 1. The Balaban J connectivity index is 1.38. The van der Waals surface area contributed by atoms with E-state index in [1.54, 1.807) is 6.20 Å². The number of nitrogens with one attached hydrogen (secondary N) is 1. The number of carbonyl (C=O) groups is 1. The van der Waals surface area contributed by atoms with Crippen molar-refractivity contribution in [2.45, 2.75) is 44.2 Å². The second-order valence-corrected chi connectivity index (χ2v) is 7.91. The highest BCUT2D eigenvalue weighted by Gasteiger charge is 2.28. The third-order valence-electron chi connectivity index (χ3n) is 5.83. The Kier molecular flexibility index (Phi) is 4.96. The number of rotatable bonds is 5. The summed E-state index contributed by atoms with van der Waals surface area (Å²) in [5.41, 5.74) is 4.29. The number of nitrogens with zero attached hydrogens (tertiary/aromatic N) is 3. The lowest BCUT2D eigenvalue weighted by atomic mass is 10.0. The summed E-state index contributed by atoms with van der Waals surface area (Å²) in [5.74, 6) is 0.564. The molecule has 7 nitrogen and oxygen atoms in total. The maximum atomic E-state index is 12.8. The zero-order chi connectivity index (χ0) is 20.5. The molecule has 1 aliphatic carbocycles. The fraction of sp³-hybridized carbons (Fsp3) is 0.348. The van der Waals surface area contributed by atoms with E-state index in [4.69, 9.17) is 4.74 Å². The molecule has 3 heterocycles. The molecule has 2 aliphatic rings. The second kappa shape index (κ2) is 7.91. The summed E-state index contributed by atoms with van der Waals surface area (Å²) in [5, 5.41) is 17.2. The third-order valence-corrected chi connectivity index (χ3v) is 5.83. The smallest absolute Gasteiger partial charge is 0.270 e. The molecule has 1 saturated carbocycles. The summed E-state index contributed by atoms with van der Waals surface area (Å²) in [6, 6.07) is 11.7. The van der Waals surface area contributed by atoms with Crippen LogP contribution < -0.4 is 10.1 Å². The van der Waals surface area contributed by atoms with E-state index in [2.05, 4.69) is 27.5 Å². The first-order valence-corrected chi connectivity index (χ1v) is 10.4. The molecule has 0 unspecified atom stereocenters. The lowest BCUT2D eigenvalue weighted by Crippen LogP contribution is -2.40. The Hall–Kier alpha value is -3.19. The van der Waals surface area contributed by atoms with Gasteiger partial charge in [-0.3, -0.25) is 4.79 Å². The predicted molar refractivity (Wildman–Crippen MR) is 111 cm³/mol. The predicted octanol–water partition coefficient (Wildman–Crippen LogP) is 2.44. The van der Waals surface area contributed by atoms with E-state index >= 15 is 0 Å². The van der Waals surface area contributed by atoms with Crippen LogP contribution in [0.1, 0.15) is 46.6 Å². The molecule has 7 heteroatoms. The second-order valence-electron chi connectivity index (χ2n) is 7.91. The maximum absolute atomic E-state index is 12.8. The SMILES string of the molecule is O=C(N[C@H]1CCC[C@@H]1O)c1cc(Cc2ccc(-n3cccn3)cc2)c2c(n1)CCO2. The monoisotopic (exact) mass is 404 g/mol. The van der Waals surface area contributed by atoms with Gasteiger partial charge in [0.1, 0.15) is 11.4 Å². The van der Waals surface area contributed by atoms with Gasteiger partial charge < -0.3 is 15.2 Å². The number of hydrogen-bond donors (Lipinski definition) is 2. The molecule has 2 N–H and O–H groups in total. The first-order valence-electron chi connectivity index (χ1n) is 10.4. The van der Waals surface area contributed by atoms with Crippen LogP contribution in [-0.2, 0) is 12.8 Å². The van der Waals surface area contributed by atoms with E-state index in [-0.39, 0.29) is 11.9 Å². The first kappa shape index (κ1) is 18.8. The van der Waals surface area contributed by atoms with Gasteiger partial charge in [-0.15, -0.1) is 0 Å². The van der Waals surface area contributed by atoms with Crippen LogP contribution >= 0.6 is 0 Å². The van der Waals surface area contributed by atoms with E-state index < -0.39 is 6.10 Å². The van der Waals surface area contributed by atoms with E-state index in [1.165, 1.54) is 0 Å². The van der Waals surface area contributed by atoms with Crippen molar-refractivity contribution in [3.8, 4) is 11.4 Å². The third kappa shape index (κ3) is 3.68. The van der Waals surface area contributed by atoms with Crippen molar-refractivity contribution in [1.82, 2.24) is 20.1 Å². The lowest BCUT2D eigenvalue weighted by molar-refractivity contribution is 0.0868. The standard InChI is InChI=1S/C23H24N4O3/c28-21-4-1-3-18(21)26-23(29)20-14-16(22-19(25-20)9-12-30-22)13-15-5-7-17(8-6-15)27-11-2-10-24-27/h2,5-8,10-11,14,18,21,28H,1,3-4,9,12-13H2,(H,26,29)/t18-,21-/m0/s1. The number of aliphatic hydroxyl groups is 1. The topological polar surface area (TPSA) is 89.3 Å². The summed E-state index contributed by atoms with van der Waals surface area (Å²) in [6.45, 7) is 0.583. The van der Waals surface area contributed by atoms with Gasteiger partial charge in [0, 0.05) is 30.8 Å². The molecule has 3 aromatic rings. The highest BCUT2D eigenvalue weighted by atomic mass is 16.5. The largest absolute Gasteiger partial charge is 0.491 e. The number of fused-ring (bicyclic) bond motifs is 1.